The largest absolute Gasteiger partial charge is 0.472 e. The molecular formula is C41H61ClN5O9P. The Labute approximate surface area is 342 Å². The maximum absolute atomic E-state index is 13.2. The third kappa shape index (κ3) is 14.2. The van der Waals surface area contributed by atoms with E-state index in [1.165, 1.54) is 77.0 Å². The van der Waals surface area contributed by atoms with Gasteiger partial charge in [0.1, 0.15) is 42.4 Å². The lowest BCUT2D eigenvalue weighted by molar-refractivity contribution is -0.191. The second kappa shape index (κ2) is 22.6. The molecule has 316 valence electrons. The van der Waals surface area contributed by atoms with Crippen LogP contribution in [-0.4, -0.2) is 76.1 Å². The third-order valence-corrected chi connectivity index (χ3v) is 11.5. The molecule has 0 bridgehead atoms. The van der Waals surface area contributed by atoms with Crippen LogP contribution in [0.3, 0.4) is 0 Å². The van der Waals surface area contributed by atoms with Crippen LogP contribution in [0.1, 0.15) is 134 Å². The van der Waals surface area contributed by atoms with Crippen LogP contribution in [0.15, 0.2) is 36.7 Å². The predicted molar refractivity (Wildman–Crippen MR) is 216 cm³/mol. The Morgan fingerprint density at radius 1 is 0.965 bits per heavy atom. The standard InChI is InChI=1S/C41H61ClN5O9P/c1-4-5-6-7-8-9-10-11-12-13-14-15-16-17-20-50-26-33(51-25-31-21-30(24-43)22-32(42)23-31)27-52-57(48,49)53-28-36-38-39(56-41(2,3)55-38)37(54-36)34-18-19-35-40(44)45-29-46-47(34)35/h18-19,21-23,29,33,36-39H,4-17,20,25-28H2,1-3H3,(H,48,49)(H2,44,45,46)/t33-,36+,37-,38+,39-/m0/s1. The highest BCUT2D eigenvalue weighted by atomic mass is 35.5. The molecule has 57 heavy (non-hydrogen) atoms. The zero-order chi connectivity index (χ0) is 40.7. The Kier molecular flexibility index (Phi) is 18.0. The van der Waals surface area contributed by atoms with Crippen molar-refractivity contribution in [3.63, 3.8) is 0 Å². The van der Waals surface area contributed by atoms with Crippen LogP contribution in [-0.2, 0) is 43.9 Å². The van der Waals surface area contributed by atoms with Gasteiger partial charge in [-0.3, -0.25) is 9.05 Å². The van der Waals surface area contributed by atoms with E-state index in [4.69, 9.17) is 50.1 Å². The van der Waals surface area contributed by atoms with Gasteiger partial charge in [0.25, 0.3) is 0 Å². The van der Waals surface area contributed by atoms with Crippen molar-refractivity contribution in [1.29, 1.82) is 5.26 Å². The Morgan fingerprint density at radius 3 is 2.32 bits per heavy atom. The molecule has 0 amide bonds. The van der Waals surface area contributed by atoms with Crippen LogP contribution >= 0.6 is 19.4 Å². The van der Waals surface area contributed by atoms with Crippen molar-refractivity contribution in [3.05, 3.63) is 58.5 Å². The number of nitriles is 1. The molecular weight excluding hydrogens is 773 g/mol. The summed E-state index contributed by atoms with van der Waals surface area (Å²) in [6.07, 6.45) is 15.8. The van der Waals surface area contributed by atoms with Crippen molar-refractivity contribution in [2.24, 2.45) is 0 Å². The van der Waals surface area contributed by atoms with E-state index in [2.05, 4.69) is 23.1 Å². The molecule has 1 unspecified atom stereocenters. The predicted octanol–water partition coefficient (Wildman–Crippen LogP) is 9.01. The number of benzene rings is 1. The maximum atomic E-state index is 13.2. The van der Waals surface area contributed by atoms with Gasteiger partial charge in [0.2, 0.25) is 0 Å². The smallest absolute Gasteiger partial charge is 0.382 e. The number of fused-ring (bicyclic) bond motifs is 2. The van der Waals surface area contributed by atoms with Crippen molar-refractivity contribution in [2.45, 2.75) is 154 Å². The highest BCUT2D eigenvalue weighted by Crippen LogP contribution is 2.48. The van der Waals surface area contributed by atoms with Crippen LogP contribution < -0.4 is 5.73 Å². The fourth-order valence-electron chi connectivity index (χ4n) is 7.40. The second-order valence-corrected chi connectivity index (χ2v) is 17.4. The number of nitrogen functional groups attached to an aromatic ring is 1. The number of hydrogen-bond acceptors (Lipinski definition) is 12. The summed E-state index contributed by atoms with van der Waals surface area (Å²) in [5.41, 5.74) is 8.40. The zero-order valence-electron chi connectivity index (χ0n) is 33.7. The van der Waals surface area contributed by atoms with Crippen molar-refractivity contribution < 1.29 is 42.2 Å². The van der Waals surface area contributed by atoms with Gasteiger partial charge in [0.15, 0.2) is 11.6 Å². The summed E-state index contributed by atoms with van der Waals surface area (Å²) in [7, 11) is -4.60. The molecule has 16 heteroatoms. The SMILES string of the molecule is CCCCCCCCCCCCCCCCOC[C@@H](COP(=O)(O)OC[C@H]1O[C@@H](c2ccc3c(N)ncnn23)[C@@H]2OC(C)(C)O[C@@H]21)OCc1cc(Cl)cc(C#N)c1. The van der Waals surface area contributed by atoms with E-state index in [1.54, 1.807) is 42.6 Å². The van der Waals surface area contributed by atoms with Crippen LogP contribution in [0.25, 0.3) is 5.52 Å². The third-order valence-electron chi connectivity index (χ3n) is 10.3. The lowest BCUT2D eigenvalue weighted by Crippen LogP contribution is -2.33. The van der Waals surface area contributed by atoms with E-state index >= 15 is 0 Å². The number of nitrogens with zero attached hydrogens (tertiary/aromatic N) is 4. The Morgan fingerprint density at radius 2 is 1.63 bits per heavy atom. The minimum absolute atomic E-state index is 0.0839. The number of rotatable bonds is 27. The van der Waals surface area contributed by atoms with E-state index in [0.29, 0.717) is 39.8 Å². The van der Waals surface area contributed by atoms with Gasteiger partial charge in [-0.15, -0.1) is 0 Å². The number of halogens is 1. The van der Waals surface area contributed by atoms with Gasteiger partial charge in [-0.2, -0.15) is 10.4 Å². The fourth-order valence-corrected chi connectivity index (χ4v) is 8.42. The quantitative estimate of drug-likeness (QED) is 0.0549. The molecule has 2 saturated heterocycles. The Hall–Kier alpha value is -2.67. The fraction of sp³-hybridized carbons (Fsp3) is 0.683. The molecule has 0 spiro atoms. The molecule has 3 aromatic rings. The molecule has 6 atom stereocenters. The van der Waals surface area contributed by atoms with Gasteiger partial charge in [-0.1, -0.05) is 102 Å². The lowest BCUT2D eigenvalue weighted by Gasteiger charge is -2.25. The average molecular weight is 834 g/mol. The van der Waals surface area contributed by atoms with Gasteiger partial charge in [0.05, 0.1) is 43.8 Å². The summed E-state index contributed by atoms with van der Waals surface area (Å²) in [6.45, 7) is 5.98. The molecule has 0 aliphatic carbocycles. The van der Waals surface area contributed by atoms with Crippen LogP contribution in [0.2, 0.25) is 5.02 Å². The maximum Gasteiger partial charge on any atom is 0.472 e. The first-order chi connectivity index (χ1) is 27.5. The van der Waals surface area contributed by atoms with Gasteiger partial charge in [-0.05, 0) is 56.2 Å². The molecule has 5 rings (SSSR count). The average Bonchev–Trinajstić information content (AvgIpc) is 3.85. The Balaban J connectivity index is 1.07. The highest BCUT2D eigenvalue weighted by molar-refractivity contribution is 7.47. The van der Waals surface area contributed by atoms with Crippen LogP contribution in [0.4, 0.5) is 5.82 Å². The lowest BCUT2D eigenvalue weighted by atomic mass is 10.0. The molecule has 14 nitrogen and oxygen atoms in total. The first-order valence-corrected chi connectivity index (χ1v) is 22.5. The topological polar surface area (TPSA) is 182 Å². The van der Waals surface area contributed by atoms with E-state index in [9.17, 15) is 14.7 Å². The summed E-state index contributed by atoms with van der Waals surface area (Å²) in [5, 5.41) is 14.1. The summed E-state index contributed by atoms with van der Waals surface area (Å²) >= 11 is 6.20. The van der Waals surface area contributed by atoms with Crippen molar-refractivity contribution >= 4 is 30.8 Å². The van der Waals surface area contributed by atoms with E-state index in [0.717, 1.165) is 19.3 Å². The second-order valence-electron chi connectivity index (χ2n) is 15.5. The number of phosphoric ester groups is 1. The number of ether oxygens (including phenoxy) is 5. The van der Waals surface area contributed by atoms with Gasteiger partial charge in [-0.25, -0.2) is 14.1 Å². The van der Waals surface area contributed by atoms with Gasteiger partial charge < -0.3 is 34.3 Å². The number of aromatic nitrogens is 3. The normalized spacial score (nSPS) is 21.8. The molecule has 0 radical (unpaired) electrons. The molecule has 3 N–H and O–H groups in total. The minimum Gasteiger partial charge on any atom is -0.382 e. The molecule has 2 aromatic heterocycles. The number of nitrogens with two attached hydrogens (primary N) is 1. The molecule has 4 heterocycles. The van der Waals surface area contributed by atoms with Crippen molar-refractivity contribution in [3.8, 4) is 6.07 Å². The number of anilines is 1. The molecule has 2 aliphatic rings. The highest BCUT2D eigenvalue weighted by Gasteiger charge is 2.56. The molecule has 2 fully saturated rings. The summed E-state index contributed by atoms with van der Waals surface area (Å²) in [5.74, 6) is -0.612. The van der Waals surface area contributed by atoms with E-state index in [1.807, 2.05) is 6.07 Å². The van der Waals surface area contributed by atoms with Gasteiger partial charge >= 0.3 is 7.82 Å². The molecule has 1 aromatic carbocycles. The number of unbranched alkanes of at least 4 members (excludes halogenated alkanes) is 13. The van der Waals surface area contributed by atoms with Gasteiger partial charge in [0, 0.05) is 11.6 Å². The zero-order valence-corrected chi connectivity index (χ0v) is 35.3. The number of phosphoric acid groups is 1. The first kappa shape index (κ1) is 45.4. The summed E-state index contributed by atoms with van der Waals surface area (Å²) in [6, 6.07) is 10.7. The first-order valence-electron chi connectivity index (χ1n) is 20.6. The summed E-state index contributed by atoms with van der Waals surface area (Å²) < 4.78 is 56.5. The van der Waals surface area contributed by atoms with Crippen LogP contribution in [0.5, 0.6) is 0 Å². The molecule has 2 aliphatic heterocycles. The van der Waals surface area contributed by atoms with Crippen molar-refractivity contribution in [2.75, 3.05) is 32.2 Å². The monoisotopic (exact) mass is 833 g/mol. The number of hydrogen-bond donors (Lipinski definition) is 2. The molecule has 0 saturated carbocycles. The van der Waals surface area contributed by atoms with E-state index in [-0.39, 0.29) is 26.4 Å². The minimum atomic E-state index is -4.60. The Bertz CT molecular complexity index is 1770. The summed E-state index contributed by atoms with van der Waals surface area (Å²) in [4.78, 5) is 14.8. The van der Waals surface area contributed by atoms with E-state index < -0.39 is 44.1 Å². The van der Waals surface area contributed by atoms with Crippen LogP contribution in [0, 0.1) is 11.3 Å². The van der Waals surface area contributed by atoms with Crippen molar-refractivity contribution in [1.82, 2.24) is 14.6 Å².